The van der Waals surface area contributed by atoms with Gasteiger partial charge in [0.25, 0.3) is 0 Å². The molecule has 0 radical (unpaired) electrons. The third-order valence-corrected chi connectivity index (χ3v) is 4.82. The number of cyclic esters (lactones) is 1. The summed E-state index contributed by atoms with van der Waals surface area (Å²) in [6, 6.07) is 1.51. The summed E-state index contributed by atoms with van der Waals surface area (Å²) in [5.41, 5.74) is 5.26. The van der Waals surface area contributed by atoms with Crippen LogP contribution in [0.4, 0.5) is 35.8 Å². The maximum atomic E-state index is 14.9. The smallest absolute Gasteiger partial charge is 0.414 e. The molecule has 1 aromatic heterocycles. The van der Waals surface area contributed by atoms with Crippen LogP contribution in [0.25, 0.3) is 0 Å². The molecule has 1 aromatic carbocycles. The minimum absolute atomic E-state index is 0.000283. The van der Waals surface area contributed by atoms with Crippen LogP contribution in [0.5, 0.6) is 0 Å². The molecule has 2 fully saturated rings. The number of hydrogen-bond acceptors (Lipinski definition) is 8. The van der Waals surface area contributed by atoms with Gasteiger partial charge in [-0.15, -0.1) is 0 Å². The van der Waals surface area contributed by atoms with Crippen molar-refractivity contribution in [3.8, 4) is 0 Å². The van der Waals surface area contributed by atoms with Crippen LogP contribution in [0.3, 0.4) is 0 Å². The first kappa shape index (κ1) is 20.8. The molecule has 0 spiro atoms. The molecule has 13 heteroatoms. The number of nitrogens with zero attached hydrogens (tertiary/aromatic N) is 4. The molecule has 0 saturated carbocycles. The lowest BCUT2D eigenvalue weighted by atomic mass is 10.2. The highest BCUT2D eigenvalue weighted by atomic mass is 19.1. The molecule has 3 heterocycles. The number of carbonyl (C=O) groups excluding carboxylic acids is 2. The number of ether oxygens (including phenoxy) is 1. The van der Waals surface area contributed by atoms with Crippen LogP contribution < -0.4 is 20.9 Å². The van der Waals surface area contributed by atoms with Gasteiger partial charge in [-0.1, -0.05) is 0 Å². The Balaban J connectivity index is 1.46. The maximum absolute atomic E-state index is 14.9. The number of hydrogen-bond donors (Lipinski definition) is 2. The van der Waals surface area contributed by atoms with E-state index < -0.39 is 29.9 Å². The Hall–Kier alpha value is -3.45. The Bertz CT molecular complexity index is 936. The van der Waals surface area contributed by atoms with Crippen LogP contribution in [-0.4, -0.2) is 67.6 Å². The van der Waals surface area contributed by atoms with Gasteiger partial charge in [0.05, 0.1) is 31.6 Å². The van der Waals surface area contributed by atoms with Crippen LogP contribution >= 0.6 is 0 Å². The second-order valence-corrected chi connectivity index (χ2v) is 6.80. The maximum Gasteiger partial charge on any atom is 0.414 e. The Labute approximate surface area is 175 Å². The van der Waals surface area contributed by atoms with Crippen LogP contribution in [0.1, 0.15) is 0 Å². The molecule has 4 rings (SSSR count). The van der Waals surface area contributed by atoms with Gasteiger partial charge in [-0.2, -0.15) is 0 Å². The van der Waals surface area contributed by atoms with Crippen molar-refractivity contribution in [1.82, 2.24) is 10.0 Å². The number of rotatable bonds is 4. The summed E-state index contributed by atoms with van der Waals surface area (Å²) in [6.45, 7) is 0.503. The first-order valence-corrected chi connectivity index (χ1v) is 9.49. The topological polar surface area (TPSA) is 126 Å². The number of benzene rings is 1. The lowest BCUT2D eigenvalue weighted by Gasteiger charge is -2.24. The number of nitrogens with one attached hydrogen (secondary N) is 1. The zero-order valence-corrected chi connectivity index (χ0v) is 16.3. The third kappa shape index (κ3) is 4.36. The van der Waals surface area contributed by atoms with Crippen molar-refractivity contribution in [1.29, 1.82) is 0 Å². The van der Waals surface area contributed by atoms with E-state index in [1.807, 2.05) is 0 Å². The average Bonchev–Trinajstić information content (AvgIpc) is 3.31. The van der Waals surface area contributed by atoms with E-state index in [0.29, 0.717) is 0 Å². The fraction of sp³-hybridized carbons (Fsp3) is 0.389. The molecule has 1 atom stereocenters. The Kier molecular flexibility index (Phi) is 5.86. The molecule has 2 aliphatic heterocycles. The fourth-order valence-corrected chi connectivity index (χ4v) is 3.34. The Morgan fingerprint density at radius 2 is 2.03 bits per heavy atom. The lowest BCUT2D eigenvalue weighted by molar-refractivity contribution is -0.100. The second-order valence-electron chi connectivity index (χ2n) is 6.80. The normalized spacial score (nSPS) is 19.4. The second kappa shape index (κ2) is 8.73. The molecule has 2 saturated heterocycles. The van der Waals surface area contributed by atoms with Crippen LogP contribution in [0, 0.1) is 11.6 Å². The molecule has 0 bridgehead atoms. The van der Waals surface area contributed by atoms with Crippen LogP contribution in [0.15, 0.2) is 29.0 Å². The molecule has 31 heavy (non-hydrogen) atoms. The molecule has 3 N–H and O–H groups in total. The van der Waals surface area contributed by atoms with Gasteiger partial charge in [-0.25, -0.2) is 28.4 Å². The number of carbonyl (C=O) groups is 2. The standard InChI is InChI=1S/C18H20F2N6O5/c19-13-7-11(25-10-12(9-21)31-18(25)28)8-14(20)15(13)24-2-3-26(30-6-4-24)17(27)23-16-22-1-5-29-16/h1,5,7-8,12H,2-4,6,9-10,21H2,(H,22,23,27)/t12-/m0/s1. The number of aromatic nitrogens is 1. The van der Waals surface area contributed by atoms with Gasteiger partial charge < -0.3 is 19.8 Å². The van der Waals surface area contributed by atoms with Crippen molar-refractivity contribution in [2.75, 3.05) is 54.4 Å². The van der Waals surface area contributed by atoms with E-state index in [1.165, 1.54) is 17.4 Å². The number of hydroxylamine groups is 2. The quantitative estimate of drug-likeness (QED) is 0.736. The van der Waals surface area contributed by atoms with Crippen molar-refractivity contribution in [3.63, 3.8) is 0 Å². The Morgan fingerprint density at radius 1 is 1.26 bits per heavy atom. The van der Waals surface area contributed by atoms with E-state index in [4.69, 9.17) is 19.7 Å². The third-order valence-electron chi connectivity index (χ3n) is 4.82. The number of urea groups is 1. The minimum Gasteiger partial charge on any atom is -0.443 e. The van der Waals surface area contributed by atoms with Gasteiger partial charge in [0, 0.05) is 31.8 Å². The fourth-order valence-electron chi connectivity index (χ4n) is 3.34. The van der Waals surface area contributed by atoms with Crippen molar-refractivity contribution in [3.05, 3.63) is 36.2 Å². The number of halogens is 2. The summed E-state index contributed by atoms with van der Waals surface area (Å²) in [7, 11) is 0. The highest BCUT2D eigenvalue weighted by Gasteiger charge is 2.33. The summed E-state index contributed by atoms with van der Waals surface area (Å²) < 4.78 is 39.7. The molecular formula is C18H20F2N6O5. The van der Waals surface area contributed by atoms with E-state index in [0.717, 1.165) is 22.1 Å². The summed E-state index contributed by atoms with van der Waals surface area (Å²) in [6.07, 6.45) is 1.43. The van der Waals surface area contributed by atoms with Gasteiger partial charge >= 0.3 is 18.1 Å². The predicted molar refractivity (Wildman–Crippen MR) is 103 cm³/mol. The van der Waals surface area contributed by atoms with Gasteiger partial charge in [0.2, 0.25) is 0 Å². The minimum atomic E-state index is -0.850. The van der Waals surface area contributed by atoms with Gasteiger partial charge in [-0.05, 0) is 0 Å². The van der Waals surface area contributed by atoms with E-state index in [1.54, 1.807) is 0 Å². The highest BCUT2D eigenvalue weighted by Crippen LogP contribution is 2.31. The van der Waals surface area contributed by atoms with Gasteiger partial charge in [-0.3, -0.25) is 15.1 Å². The van der Waals surface area contributed by atoms with E-state index in [9.17, 15) is 18.4 Å². The first-order valence-electron chi connectivity index (χ1n) is 9.49. The molecule has 2 aromatic rings. The summed E-state index contributed by atoms with van der Waals surface area (Å²) in [5.74, 6) is -1.70. The van der Waals surface area contributed by atoms with Crippen molar-refractivity contribution in [2.24, 2.45) is 5.73 Å². The molecule has 11 nitrogen and oxygen atoms in total. The number of amides is 3. The predicted octanol–water partition coefficient (Wildman–Crippen LogP) is 1.52. The highest BCUT2D eigenvalue weighted by molar-refractivity contribution is 5.90. The Morgan fingerprint density at radius 3 is 2.68 bits per heavy atom. The molecule has 2 aliphatic rings. The largest absolute Gasteiger partial charge is 0.443 e. The molecule has 3 amide bonds. The van der Waals surface area contributed by atoms with Gasteiger partial charge in [0.15, 0.2) is 11.6 Å². The molecule has 0 unspecified atom stereocenters. The summed E-state index contributed by atoms with van der Waals surface area (Å²) in [5, 5.41) is 3.44. The summed E-state index contributed by atoms with van der Waals surface area (Å²) in [4.78, 5) is 35.9. The van der Waals surface area contributed by atoms with E-state index in [2.05, 4.69) is 10.3 Å². The number of oxazole rings is 1. The lowest BCUT2D eigenvalue weighted by Crippen LogP contribution is -2.37. The zero-order valence-electron chi connectivity index (χ0n) is 16.3. The van der Waals surface area contributed by atoms with Crippen molar-refractivity contribution in [2.45, 2.75) is 6.10 Å². The van der Waals surface area contributed by atoms with Crippen molar-refractivity contribution < 1.29 is 32.4 Å². The average molecular weight is 438 g/mol. The van der Waals surface area contributed by atoms with Gasteiger partial charge in [0.1, 0.15) is 18.1 Å². The van der Waals surface area contributed by atoms with Crippen LogP contribution in [-0.2, 0) is 9.57 Å². The SMILES string of the molecule is NC[C@H]1CN(c2cc(F)c(N3CCON(C(=O)Nc4ncco4)CC3)c(F)c2)C(=O)O1. The van der Waals surface area contributed by atoms with Crippen LogP contribution in [0.2, 0.25) is 0 Å². The number of nitrogens with two attached hydrogens (primary N) is 1. The first-order chi connectivity index (χ1) is 15.0. The summed E-state index contributed by atoms with van der Waals surface area (Å²) >= 11 is 0. The van der Waals surface area contributed by atoms with E-state index >= 15 is 0 Å². The van der Waals surface area contributed by atoms with E-state index in [-0.39, 0.29) is 56.7 Å². The van der Waals surface area contributed by atoms with Crippen molar-refractivity contribution >= 4 is 29.5 Å². The zero-order chi connectivity index (χ0) is 22.0. The molecular weight excluding hydrogens is 418 g/mol. The molecule has 0 aliphatic carbocycles. The molecule has 166 valence electrons. The monoisotopic (exact) mass is 438 g/mol. The number of anilines is 3.